The van der Waals surface area contributed by atoms with E-state index in [4.69, 9.17) is 4.74 Å². The highest BCUT2D eigenvalue weighted by Crippen LogP contribution is 2.33. The van der Waals surface area contributed by atoms with Gasteiger partial charge in [-0.25, -0.2) is 8.42 Å². The van der Waals surface area contributed by atoms with Gasteiger partial charge >= 0.3 is 0 Å². The molecule has 0 aliphatic carbocycles. The Morgan fingerprint density at radius 1 is 1.13 bits per heavy atom. The lowest BCUT2D eigenvalue weighted by atomic mass is 10.0. The highest BCUT2D eigenvalue weighted by atomic mass is 32.2. The molecule has 1 saturated heterocycles. The van der Waals surface area contributed by atoms with Crippen LogP contribution >= 0.6 is 0 Å². The summed E-state index contributed by atoms with van der Waals surface area (Å²) in [6, 6.07) is 12.3. The average Bonchev–Trinajstić information content (AvgIpc) is 3.38. The van der Waals surface area contributed by atoms with Crippen LogP contribution < -0.4 is 10.1 Å². The molecule has 2 heterocycles. The summed E-state index contributed by atoms with van der Waals surface area (Å²) in [5, 5.41) is 2.94. The molecule has 1 N–H and O–H groups in total. The molecule has 2 amide bonds. The van der Waals surface area contributed by atoms with Crippen LogP contribution in [0.5, 0.6) is 5.75 Å². The van der Waals surface area contributed by atoms with Crippen LogP contribution in [-0.2, 0) is 25.8 Å². The van der Waals surface area contributed by atoms with Crippen molar-refractivity contribution in [1.82, 2.24) is 10.2 Å². The zero-order chi connectivity index (χ0) is 22.2. The Kier molecular flexibility index (Phi) is 5.75. The molecule has 2 aliphatic rings. The van der Waals surface area contributed by atoms with Crippen LogP contribution in [0, 0.1) is 0 Å². The van der Waals surface area contributed by atoms with Crippen LogP contribution in [0.25, 0.3) is 11.1 Å². The van der Waals surface area contributed by atoms with Gasteiger partial charge in [-0.2, -0.15) is 0 Å². The van der Waals surface area contributed by atoms with Crippen LogP contribution in [0.3, 0.4) is 0 Å². The van der Waals surface area contributed by atoms with Crippen molar-refractivity contribution in [2.75, 3.05) is 19.3 Å². The van der Waals surface area contributed by atoms with E-state index in [1.807, 2.05) is 18.2 Å². The number of ether oxygens (including phenoxy) is 1. The molecule has 0 saturated carbocycles. The summed E-state index contributed by atoms with van der Waals surface area (Å²) in [6.07, 6.45) is 3.24. The van der Waals surface area contributed by atoms with Gasteiger partial charge in [-0.05, 0) is 53.8 Å². The number of nitrogens with one attached hydrogen (secondary N) is 1. The number of hydrogen-bond acceptors (Lipinski definition) is 5. The van der Waals surface area contributed by atoms with Crippen LogP contribution in [0.15, 0.2) is 47.4 Å². The first-order chi connectivity index (χ1) is 14.7. The van der Waals surface area contributed by atoms with E-state index in [9.17, 15) is 18.0 Å². The van der Waals surface area contributed by atoms with Crippen LogP contribution in [0.1, 0.15) is 25.3 Å². The summed E-state index contributed by atoms with van der Waals surface area (Å²) in [5.41, 5.74) is 2.96. The Morgan fingerprint density at radius 2 is 1.84 bits per heavy atom. The fourth-order valence-electron chi connectivity index (χ4n) is 4.26. The summed E-state index contributed by atoms with van der Waals surface area (Å²) in [6.45, 7) is 2.51. The average molecular weight is 443 g/mol. The third kappa shape index (κ3) is 4.58. The van der Waals surface area contributed by atoms with Gasteiger partial charge in [-0.3, -0.25) is 9.59 Å². The summed E-state index contributed by atoms with van der Waals surface area (Å²) < 4.78 is 29.3. The number of carbonyl (C=O) groups is 2. The molecule has 1 unspecified atom stereocenters. The molecule has 1 fully saturated rings. The van der Waals surface area contributed by atoms with Crippen LogP contribution in [0.2, 0.25) is 0 Å². The van der Waals surface area contributed by atoms with Crippen LogP contribution in [-0.4, -0.2) is 56.6 Å². The lowest BCUT2D eigenvalue weighted by Crippen LogP contribution is -2.47. The first-order valence-corrected chi connectivity index (χ1v) is 12.3. The molecule has 2 aliphatic heterocycles. The molecule has 0 bridgehead atoms. The normalized spacial score (nSPS) is 20.3. The summed E-state index contributed by atoms with van der Waals surface area (Å²) in [5.74, 6) is 0.597. The number of sulfone groups is 1. The second kappa shape index (κ2) is 8.34. The topological polar surface area (TPSA) is 92.8 Å². The monoisotopic (exact) mass is 442 g/mol. The smallest absolute Gasteiger partial charge is 0.242 e. The minimum absolute atomic E-state index is 0.0701. The maximum Gasteiger partial charge on any atom is 0.242 e. The SMILES string of the molecule is CC(=O)N1CCC[C@H]1C(=O)NCC1Cc2cc(-c3ccc(S(C)(=O)=O)cc3)ccc2O1. The van der Waals surface area contributed by atoms with Gasteiger partial charge in [0.25, 0.3) is 0 Å². The van der Waals surface area contributed by atoms with Gasteiger partial charge in [0.05, 0.1) is 11.4 Å². The maximum atomic E-state index is 12.5. The van der Waals surface area contributed by atoms with E-state index in [1.165, 1.54) is 13.2 Å². The number of likely N-dealkylation sites (tertiary alicyclic amines) is 1. The third-order valence-corrected chi connectivity index (χ3v) is 7.01. The predicted octanol–water partition coefficient (Wildman–Crippen LogP) is 2.19. The van der Waals surface area contributed by atoms with Gasteiger partial charge in [0.1, 0.15) is 17.9 Å². The quantitative estimate of drug-likeness (QED) is 0.766. The Labute approximate surface area is 182 Å². The van der Waals surface area contributed by atoms with E-state index in [0.29, 0.717) is 30.8 Å². The van der Waals surface area contributed by atoms with E-state index >= 15 is 0 Å². The Bertz CT molecular complexity index is 1110. The number of amides is 2. The molecular weight excluding hydrogens is 416 g/mol. The largest absolute Gasteiger partial charge is 0.488 e. The van der Waals surface area contributed by atoms with E-state index in [2.05, 4.69) is 5.32 Å². The minimum atomic E-state index is -3.22. The maximum absolute atomic E-state index is 12.5. The van der Waals surface area contributed by atoms with Crippen molar-refractivity contribution in [2.45, 2.75) is 43.2 Å². The van der Waals surface area contributed by atoms with Crippen molar-refractivity contribution >= 4 is 21.7 Å². The van der Waals surface area contributed by atoms with Gasteiger partial charge in [-0.1, -0.05) is 18.2 Å². The zero-order valence-corrected chi connectivity index (χ0v) is 18.4. The first-order valence-electron chi connectivity index (χ1n) is 10.4. The van der Waals surface area contributed by atoms with Crippen molar-refractivity contribution in [2.24, 2.45) is 0 Å². The molecule has 2 atom stereocenters. The standard InChI is InChI=1S/C23H26N2O5S/c1-15(26)25-11-3-4-21(25)23(27)24-14-19-13-18-12-17(7-10-22(18)30-19)16-5-8-20(9-6-16)31(2,28)29/h5-10,12,19,21H,3-4,11,13-14H2,1-2H3,(H,24,27)/t19?,21-/m0/s1. The number of benzene rings is 2. The van der Waals surface area contributed by atoms with Crippen molar-refractivity contribution in [3.63, 3.8) is 0 Å². The summed E-state index contributed by atoms with van der Waals surface area (Å²) in [7, 11) is -3.22. The Morgan fingerprint density at radius 3 is 2.52 bits per heavy atom. The number of carbonyl (C=O) groups excluding carboxylic acids is 2. The molecule has 8 heteroatoms. The van der Waals surface area contributed by atoms with Crippen molar-refractivity contribution in [3.8, 4) is 16.9 Å². The fourth-order valence-corrected chi connectivity index (χ4v) is 4.89. The fraction of sp³-hybridized carbons (Fsp3) is 0.391. The van der Waals surface area contributed by atoms with Crippen molar-refractivity contribution in [3.05, 3.63) is 48.0 Å². The third-order valence-electron chi connectivity index (χ3n) is 5.88. The molecule has 0 aromatic heterocycles. The number of rotatable bonds is 5. The number of hydrogen-bond donors (Lipinski definition) is 1. The molecule has 4 rings (SSSR count). The molecule has 0 radical (unpaired) electrons. The van der Waals surface area contributed by atoms with E-state index in [-0.39, 0.29) is 24.0 Å². The summed E-state index contributed by atoms with van der Waals surface area (Å²) in [4.78, 5) is 26.1. The lowest BCUT2D eigenvalue weighted by Gasteiger charge is -2.23. The predicted molar refractivity (Wildman–Crippen MR) is 117 cm³/mol. The zero-order valence-electron chi connectivity index (χ0n) is 17.6. The Hall–Kier alpha value is -2.87. The minimum Gasteiger partial charge on any atom is -0.488 e. The second-order valence-corrected chi connectivity index (χ2v) is 10.2. The molecule has 2 aromatic carbocycles. The lowest BCUT2D eigenvalue weighted by molar-refractivity contribution is -0.137. The van der Waals surface area contributed by atoms with Gasteiger partial charge < -0.3 is 15.0 Å². The molecule has 31 heavy (non-hydrogen) atoms. The number of nitrogens with zero attached hydrogens (tertiary/aromatic N) is 1. The van der Waals surface area contributed by atoms with Gasteiger partial charge in [0.15, 0.2) is 9.84 Å². The van der Waals surface area contributed by atoms with E-state index in [1.54, 1.807) is 29.2 Å². The Balaban J connectivity index is 1.38. The highest BCUT2D eigenvalue weighted by molar-refractivity contribution is 7.90. The molecule has 0 spiro atoms. The van der Waals surface area contributed by atoms with Crippen LogP contribution in [0.4, 0.5) is 0 Å². The summed E-state index contributed by atoms with van der Waals surface area (Å²) >= 11 is 0. The highest BCUT2D eigenvalue weighted by Gasteiger charge is 2.33. The first kappa shape index (κ1) is 21.4. The molecule has 164 valence electrons. The molecule has 7 nitrogen and oxygen atoms in total. The molecule has 2 aromatic rings. The van der Waals surface area contributed by atoms with E-state index in [0.717, 1.165) is 28.9 Å². The molecular formula is C23H26N2O5S. The van der Waals surface area contributed by atoms with Crippen molar-refractivity contribution in [1.29, 1.82) is 0 Å². The van der Waals surface area contributed by atoms with E-state index < -0.39 is 9.84 Å². The number of fused-ring (bicyclic) bond motifs is 1. The second-order valence-electron chi connectivity index (χ2n) is 8.18. The van der Waals surface area contributed by atoms with Gasteiger partial charge in [-0.15, -0.1) is 0 Å². The van der Waals surface area contributed by atoms with Crippen molar-refractivity contribution < 1.29 is 22.7 Å². The van der Waals surface area contributed by atoms with Gasteiger partial charge in [0, 0.05) is 26.1 Å². The van der Waals surface area contributed by atoms with Gasteiger partial charge in [0.2, 0.25) is 11.8 Å².